The van der Waals surface area contributed by atoms with E-state index in [1.165, 1.54) is 12.8 Å². The van der Waals surface area contributed by atoms with Crippen LogP contribution in [0.15, 0.2) is 35.0 Å². The number of likely N-dealkylation sites (tertiary alicyclic amines) is 1. The first-order valence-electron chi connectivity index (χ1n) is 13.3. The summed E-state index contributed by atoms with van der Waals surface area (Å²) in [5, 5.41) is 26.3. The van der Waals surface area contributed by atoms with Crippen molar-refractivity contribution in [1.82, 2.24) is 35.0 Å². The molecule has 1 saturated heterocycles. The van der Waals surface area contributed by atoms with Crippen LogP contribution in [0.25, 0.3) is 28.0 Å². The molecule has 6 rings (SSSR count). The lowest BCUT2D eigenvalue weighted by atomic mass is 9.85. The molecule has 3 aromatic heterocycles. The van der Waals surface area contributed by atoms with E-state index in [1.54, 1.807) is 10.9 Å². The van der Waals surface area contributed by atoms with Crippen LogP contribution in [-0.4, -0.2) is 71.9 Å². The first-order valence-corrected chi connectivity index (χ1v) is 13.3. The first-order chi connectivity index (χ1) is 18.0. The third-order valence-corrected chi connectivity index (χ3v) is 7.89. The highest BCUT2D eigenvalue weighted by atomic mass is 16.5. The maximum Gasteiger partial charge on any atom is 0.224 e. The predicted octanol–water partition coefficient (Wildman–Crippen LogP) is 3.91. The Morgan fingerprint density at radius 1 is 1.05 bits per heavy atom. The van der Waals surface area contributed by atoms with Crippen LogP contribution in [0.3, 0.4) is 0 Å². The Kier molecular flexibility index (Phi) is 6.60. The molecule has 1 aliphatic heterocycles. The topological polar surface area (TPSA) is 118 Å². The number of aromatic nitrogens is 6. The minimum atomic E-state index is -0.105. The monoisotopic (exact) mass is 502 g/mol. The Bertz CT molecular complexity index is 1350. The summed E-state index contributed by atoms with van der Waals surface area (Å²) in [6.07, 6.45) is 8.12. The zero-order valence-corrected chi connectivity index (χ0v) is 21.5. The molecule has 2 aliphatic rings. The van der Waals surface area contributed by atoms with Crippen molar-refractivity contribution in [2.45, 2.75) is 64.5 Å². The van der Waals surface area contributed by atoms with Crippen LogP contribution in [0, 0.1) is 19.8 Å². The molecule has 4 aromatic rings. The zero-order valence-electron chi connectivity index (χ0n) is 21.5. The van der Waals surface area contributed by atoms with Crippen LogP contribution in [-0.2, 0) is 0 Å². The van der Waals surface area contributed by atoms with Crippen LogP contribution in [0.5, 0.6) is 0 Å². The van der Waals surface area contributed by atoms with E-state index in [9.17, 15) is 5.11 Å². The van der Waals surface area contributed by atoms with Gasteiger partial charge in [-0.3, -0.25) is 0 Å². The normalized spacial score (nSPS) is 21.5. The van der Waals surface area contributed by atoms with Gasteiger partial charge in [-0.15, -0.1) is 5.10 Å². The highest BCUT2D eigenvalue weighted by Crippen LogP contribution is 2.33. The number of nitrogens with zero attached hydrogens (tertiary/aromatic N) is 7. The second-order valence-corrected chi connectivity index (χ2v) is 10.5. The molecule has 0 bridgehead atoms. The highest BCUT2D eigenvalue weighted by molar-refractivity contribution is 5.93. The van der Waals surface area contributed by atoms with Gasteiger partial charge in [0, 0.05) is 49.1 Å². The first kappa shape index (κ1) is 24.0. The molecule has 0 spiro atoms. The number of aryl methyl sites for hydroxylation is 2. The van der Waals surface area contributed by atoms with E-state index in [-0.39, 0.29) is 6.10 Å². The third kappa shape index (κ3) is 4.95. The van der Waals surface area contributed by atoms with Crippen LogP contribution in [0.1, 0.15) is 50.0 Å². The molecule has 0 amide bonds. The Balaban J connectivity index is 1.14. The van der Waals surface area contributed by atoms with Gasteiger partial charge in [0.2, 0.25) is 5.95 Å². The van der Waals surface area contributed by atoms with Gasteiger partial charge >= 0.3 is 0 Å². The van der Waals surface area contributed by atoms with Gasteiger partial charge in [-0.1, -0.05) is 22.5 Å². The van der Waals surface area contributed by atoms with Gasteiger partial charge in [0.15, 0.2) is 5.82 Å². The lowest BCUT2D eigenvalue weighted by Gasteiger charge is -2.35. The van der Waals surface area contributed by atoms with E-state index in [0.717, 1.165) is 84.8 Å². The highest BCUT2D eigenvalue weighted by Gasteiger charge is 2.26. The summed E-state index contributed by atoms with van der Waals surface area (Å²) in [5.41, 5.74) is 4.39. The molecular weight excluding hydrogens is 468 g/mol. The van der Waals surface area contributed by atoms with Gasteiger partial charge in [0.1, 0.15) is 11.3 Å². The van der Waals surface area contributed by atoms with Crippen molar-refractivity contribution in [2.24, 2.45) is 5.92 Å². The van der Waals surface area contributed by atoms with Crippen LogP contribution in [0.2, 0.25) is 0 Å². The van der Waals surface area contributed by atoms with Crippen molar-refractivity contribution < 1.29 is 9.63 Å². The van der Waals surface area contributed by atoms with Crippen molar-refractivity contribution in [3.05, 3.63) is 41.9 Å². The Morgan fingerprint density at radius 3 is 2.62 bits per heavy atom. The quantitative estimate of drug-likeness (QED) is 0.404. The summed E-state index contributed by atoms with van der Waals surface area (Å²) in [4.78, 5) is 11.8. The predicted molar refractivity (Wildman–Crippen MR) is 140 cm³/mol. The number of aliphatic hydroxyl groups is 1. The molecule has 10 nitrogen and oxygen atoms in total. The lowest BCUT2D eigenvalue weighted by molar-refractivity contribution is 0.0706. The Labute approximate surface area is 216 Å². The van der Waals surface area contributed by atoms with Crippen molar-refractivity contribution in [2.75, 3.05) is 25.0 Å². The number of anilines is 1. The molecule has 0 radical (unpaired) electrons. The molecule has 0 atom stereocenters. The minimum Gasteiger partial charge on any atom is -0.393 e. The number of fused-ring (bicyclic) bond motifs is 1. The summed E-state index contributed by atoms with van der Waals surface area (Å²) in [6, 6.07) is 8.23. The number of hydrogen-bond donors (Lipinski definition) is 2. The number of hydrogen-bond acceptors (Lipinski definition) is 9. The maximum absolute atomic E-state index is 9.75. The molecule has 2 N–H and O–H groups in total. The molecule has 1 aliphatic carbocycles. The fraction of sp³-hybridized carbons (Fsp3) is 0.519. The molecule has 1 aromatic carbocycles. The van der Waals surface area contributed by atoms with Gasteiger partial charge < -0.3 is 19.8 Å². The molecular formula is C27H34N8O2. The largest absolute Gasteiger partial charge is 0.393 e. The number of piperidine rings is 1. The van der Waals surface area contributed by atoms with Crippen molar-refractivity contribution in [3.8, 4) is 16.9 Å². The average Bonchev–Trinajstić information content (AvgIpc) is 3.49. The Hall–Kier alpha value is -3.37. The fourth-order valence-corrected chi connectivity index (χ4v) is 5.86. The molecule has 4 heterocycles. The van der Waals surface area contributed by atoms with Gasteiger partial charge in [0.05, 0.1) is 17.3 Å². The summed E-state index contributed by atoms with van der Waals surface area (Å²) < 4.78 is 7.14. The van der Waals surface area contributed by atoms with Crippen molar-refractivity contribution in [3.63, 3.8) is 0 Å². The van der Waals surface area contributed by atoms with E-state index < -0.39 is 0 Å². The summed E-state index contributed by atoms with van der Waals surface area (Å²) in [7, 11) is 0. The van der Waals surface area contributed by atoms with Crippen LogP contribution >= 0.6 is 0 Å². The van der Waals surface area contributed by atoms with Gasteiger partial charge in [-0.05, 0) is 64.4 Å². The van der Waals surface area contributed by atoms with Crippen molar-refractivity contribution >= 4 is 17.0 Å². The molecule has 2 fully saturated rings. The Morgan fingerprint density at radius 2 is 1.86 bits per heavy atom. The molecule has 10 heteroatoms. The molecule has 37 heavy (non-hydrogen) atoms. The second kappa shape index (κ2) is 10.2. The lowest BCUT2D eigenvalue weighted by Crippen LogP contribution is -2.40. The summed E-state index contributed by atoms with van der Waals surface area (Å²) in [6.45, 7) is 7.05. The molecule has 1 saturated carbocycles. The van der Waals surface area contributed by atoms with E-state index in [4.69, 9.17) is 9.51 Å². The van der Waals surface area contributed by atoms with Crippen molar-refractivity contribution in [1.29, 1.82) is 0 Å². The third-order valence-electron chi connectivity index (χ3n) is 7.89. The number of rotatable bonds is 6. The zero-order chi connectivity index (χ0) is 25.4. The maximum atomic E-state index is 9.75. The fourth-order valence-electron chi connectivity index (χ4n) is 5.86. The van der Waals surface area contributed by atoms with Gasteiger partial charge in [-0.25, -0.2) is 4.98 Å². The van der Waals surface area contributed by atoms with E-state index >= 15 is 0 Å². The average molecular weight is 503 g/mol. The number of aliphatic hydroxyl groups excluding tert-OH is 1. The second-order valence-electron chi connectivity index (χ2n) is 10.5. The van der Waals surface area contributed by atoms with Crippen LogP contribution < -0.4 is 5.32 Å². The van der Waals surface area contributed by atoms with Gasteiger partial charge in [0.25, 0.3) is 0 Å². The minimum absolute atomic E-state index is 0.105. The van der Waals surface area contributed by atoms with Gasteiger partial charge in [-0.2, -0.15) is 9.67 Å². The van der Waals surface area contributed by atoms with E-state index in [2.05, 4.69) is 30.7 Å². The summed E-state index contributed by atoms with van der Waals surface area (Å²) in [5.74, 6) is 2.79. The standard InChI is InChI=1S/C27H34N8O2/c1-17-25(18(2)37-32-17)22-4-3-5-23-26(22)31-33-35(23)24-10-13-28-27(30-24)29-20-8-6-19(7-9-20)16-34-14-11-21(36)12-15-34/h3-5,10,13,19-21,36H,6-9,11-12,14-16H2,1-2H3,(H,28,29,30). The molecule has 194 valence electrons. The van der Waals surface area contributed by atoms with E-state index in [0.29, 0.717) is 17.8 Å². The summed E-state index contributed by atoms with van der Waals surface area (Å²) >= 11 is 0. The smallest absolute Gasteiger partial charge is 0.224 e. The van der Waals surface area contributed by atoms with Crippen LogP contribution in [0.4, 0.5) is 5.95 Å². The SMILES string of the molecule is Cc1noc(C)c1-c1cccc2c1nnn2-c1ccnc(NC2CCC(CN3CCC(O)CC3)CC2)n1. The molecule has 0 unspecified atom stereocenters. The van der Waals surface area contributed by atoms with E-state index in [1.807, 2.05) is 38.1 Å². The number of nitrogens with one attached hydrogen (secondary N) is 1. The number of benzene rings is 1.